The molecule has 1 aromatic carbocycles. The molecule has 1 aliphatic rings. The third-order valence-electron chi connectivity index (χ3n) is 3.36. The van der Waals surface area contributed by atoms with Crippen LogP contribution in [-0.2, 0) is 9.59 Å². The lowest BCUT2D eigenvalue weighted by Crippen LogP contribution is -2.34. The van der Waals surface area contributed by atoms with Gasteiger partial charge in [-0.05, 0) is 44.0 Å². The summed E-state index contributed by atoms with van der Waals surface area (Å²) in [5, 5.41) is 2.46. The Bertz CT molecular complexity index is 501. The van der Waals surface area contributed by atoms with Crippen LogP contribution in [0, 0.1) is 5.82 Å². The van der Waals surface area contributed by atoms with E-state index in [9.17, 15) is 14.0 Å². The fraction of sp³-hybridized carbons (Fsp3) is 0.467. The first-order valence-electron chi connectivity index (χ1n) is 7.02. The fourth-order valence-electron chi connectivity index (χ4n) is 2.20. The average Bonchev–Trinajstić information content (AvgIpc) is 3.00. The Morgan fingerprint density at radius 2 is 1.90 bits per heavy atom. The fourth-order valence-corrected chi connectivity index (χ4v) is 2.96. The van der Waals surface area contributed by atoms with Gasteiger partial charge >= 0.3 is 0 Å². The van der Waals surface area contributed by atoms with Crippen LogP contribution in [0.2, 0.25) is 0 Å². The van der Waals surface area contributed by atoms with Crippen molar-refractivity contribution < 1.29 is 14.0 Å². The molecule has 1 fully saturated rings. The van der Waals surface area contributed by atoms with Crippen molar-refractivity contribution in [3.8, 4) is 0 Å². The predicted molar refractivity (Wildman–Crippen MR) is 82.8 cm³/mol. The molecule has 1 saturated heterocycles. The molecule has 1 N–H and O–H groups in total. The van der Waals surface area contributed by atoms with Gasteiger partial charge in [0, 0.05) is 18.8 Å². The van der Waals surface area contributed by atoms with E-state index in [0.717, 1.165) is 25.9 Å². The summed E-state index contributed by atoms with van der Waals surface area (Å²) >= 11 is 1.32. The van der Waals surface area contributed by atoms with E-state index in [4.69, 9.17) is 0 Å². The van der Waals surface area contributed by atoms with Crippen LogP contribution in [0.25, 0.3) is 0 Å². The second-order valence-corrected chi connectivity index (χ2v) is 6.37. The largest absolute Gasteiger partial charge is 0.342 e. The van der Waals surface area contributed by atoms with Gasteiger partial charge < -0.3 is 10.2 Å². The summed E-state index contributed by atoms with van der Waals surface area (Å²) in [5.74, 6) is -0.218. The van der Waals surface area contributed by atoms with Gasteiger partial charge in [-0.25, -0.2) is 4.39 Å². The number of amides is 2. The van der Waals surface area contributed by atoms with Gasteiger partial charge in [0.1, 0.15) is 5.82 Å². The monoisotopic (exact) mass is 310 g/mol. The third kappa shape index (κ3) is 4.74. The Morgan fingerprint density at radius 3 is 2.52 bits per heavy atom. The van der Waals surface area contributed by atoms with Gasteiger partial charge in [0.2, 0.25) is 11.8 Å². The van der Waals surface area contributed by atoms with Gasteiger partial charge in [-0.15, -0.1) is 11.8 Å². The zero-order chi connectivity index (χ0) is 15.2. The van der Waals surface area contributed by atoms with Crippen molar-refractivity contribution in [1.82, 2.24) is 4.90 Å². The van der Waals surface area contributed by atoms with Gasteiger partial charge in [-0.3, -0.25) is 9.59 Å². The van der Waals surface area contributed by atoms with E-state index in [1.807, 2.05) is 11.8 Å². The Hall–Kier alpha value is -1.56. The van der Waals surface area contributed by atoms with Crippen LogP contribution in [0.5, 0.6) is 0 Å². The highest BCUT2D eigenvalue weighted by molar-refractivity contribution is 8.01. The molecular formula is C15H19FN2O2S. The molecule has 0 aromatic heterocycles. The molecule has 1 unspecified atom stereocenters. The maximum Gasteiger partial charge on any atom is 0.235 e. The maximum atomic E-state index is 12.8. The van der Waals surface area contributed by atoms with Crippen molar-refractivity contribution in [2.75, 3.05) is 24.2 Å². The molecule has 2 rings (SSSR count). The number of rotatable bonds is 5. The summed E-state index contributed by atoms with van der Waals surface area (Å²) in [6, 6.07) is 5.61. The van der Waals surface area contributed by atoms with E-state index in [1.54, 1.807) is 0 Å². The van der Waals surface area contributed by atoms with Crippen LogP contribution in [0.15, 0.2) is 24.3 Å². The van der Waals surface area contributed by atoms with Gasteiger partial charge in [0.15, 0.2) is 0 Å². The Kier molecular flexibility index (Phi) is 5.61. The molecule has 1 heterocycles. The smallest absolute Gasteiger partial charge is 0.235 e. The maximum absolute atomic E-state index is 12.8. The van der Waals surface area contributed by atoms with Crippen LogP contribution in [-0.4, -0.2) is 40.8 Å². The van der Waals surface area contributed by atoms with Crippen molar-refractivity contribution in [3.63, 3.8) is 0 Å². The highest BCUT2D eigenvalue weighted by atomic mass is 32.2. The van der Waals surface area contributed by atoms with Crippen molar-refractivity contribution >= 4 is 29.3 Å². The number of nitrogens with zero attached hydrogens (tertiary/aromatic N) is 1. The molecule has 2 amide bonds. The molecule has 0 aliphatic carbocycles. The number of hydrogen-bond donors (Lipinski definition) is 1. The molecule has 6 heteroatoms. The number of carbonyl (C=O) groups excluding carboxylic acids is 2. The van der Waals surface area contributed by atoms with E-state index >= 15 is 0 Å². The molecule has 1 atom stereocenters. The van der Waals surface area contributed by atoms with Crippen LogP contribution < -0.4 is 5.32 Å². The molecule has 4 nitrogen and oxygen atoms in total. The molecule has 0 radical (unpaired) electrons. The molecule has 21 heavy (non-hydrogen) atoms. The first kappa shape index (κ1) is 15.8. The van der Waals surface area contributed by atoms with Crippen LogP contribution in [0.3, 0.4) is 0 Å². The molecule has 114 valence electrons. The van der Waals surface area contributed by atoms with Crippen molar-refractivity contribution in [3.05, 3.63) is 30.1 Å². The molecule has 0 saturated carbocycles. The van der Waals surface area contributed by atoms with E-state index in [0.29, 0.717) is 5.69 Å². The van der Waals surface area contributed by atoms with Crippen LogP contribution in [0.1, 0.15) is 19.8 Å². The zero-order valence-corrected chi connectivity index (χ0v) is 12.8. The summed E-state index contributed by atoms with van der Waals surface area (Å²) < 4.78 is 12.8. The number of halogens is 1. The van der Waals surface area contributed by atoms with E-state index in [-0.39, 0.29) is 28.6 Å². The van der Waals surface area contributed by atoms with E-state index in [2.05, 4.69) is 5.32 Å². The van der Waals surface area contributed by atoms with Gasteiger partial charge in [0.05, 0.1) is 11.0 Å². The van der Waals surface area contributed by atoms with Gasteiger partial charge in [0.25, 0.3) is 0 Å². The number of thioether (sulfide) groups is 1. The van der Waals surface area contributed by atoms with Gasteiger partial charge in [-0.1, -0.05) is 0 Å². The van der Waals surface area contributed by atoms with Crippen molar-refractivity contribution in [1.29, 1.82) is 0 Å². The van der Waals surface area contributed by atoms with Crippen molar-refractivity contribution in [2.45, 2.75) is 25.0 Å². The molecule has 1 aliphatic heterocycles. The quantitative estimate of drug-likeness (QED) is 0.909. The summed E-state index contributed by atoms with van der Waals surface area (Å²) in [4.78, 5) is 25.7. The standard InChI is InChI=1S/C15H19FN2O2S/c1-11(15(20)18-8-2-3-9-18)21-10-14(19)17-13-6-4-12(16)5-7-13/h4-7,11H,2-3,8-10H2,1H3,(H,17,19). The minimum Gasteiger partial charge on any atom is -0.342 e. The number of anilines is 1. The summed E-state index contributed by atoms with van der Waals surface area (Å²) in [6.07, 6.45) is 2.13. The first-order valence-corrected chi connectivity index (χ1v) is 8.07. The van der Waals surface area contributed by atoms with Crippen LogP contribution >= 0.6 is 11.8 Å². The number of likely N-dealkylation sites (tertiary alicyclic amines) is 1. The molecule has 1 aromatic rings. The SMILES string of the molecule is CC(SCC(=O)Nc1ccc(F)cc1)C(=O)N1CCCC1. The minimum absolute atomic E-state index is 0.104. The second kappa shape index (κ2) is 7.45. The zero-order valence-electron chi connectivity index (χ0n) is 12.0. The summed E-state index contributed by atoms with van der Waals surface area (Å²) in [5.41, 5.74) is 0.556. The third-order valence-corrected chi connectivity index (χ3v) is 4.49. The lowest BCUT2D eigenvalue weighted by atomic mass is 10.3. The molecule has 0 bridgehead atoms. The summed E-state index contributed by atoms with van der Waals surface area (Å²) in [6.45, 7) is 3.48. The molecular weight excluding hydrogens is 291 g/mol. The number of hydrogen-bond acceptors (Lipinski definition) is 3. The topological polar surface area (TPSA) is 49.4 Å². The highest BCUT2D eigenvalue weighted by Crippen LogP contribution is 2.18. The Balaban J connectivity index is 1.75. The van der Waals surface area contributed by atoms with Crippen molar-refractivity contribution in [2.24, 2.45) is 0 Å². The lowest BCUT2D eigenvalue weighted by Gasteiger charge is -2.19. The van der Waals surface area contributed by atoms with Crippen LogP contribution in [0.4, 0.5) is 10.1 Å². The number of carbonyl (C=O) groups is 2. The van der Waals surface area contributed by atoms with E-state index < -0.39 is 0 Å². The summed E-state index contributed by atoms with van der Waals surface area (Å²) in [7, 11) is 0. The normalized spacial score (nSPS) is 15.8. The van der Waals surface area contributed by atoms with E-state index in [1.165, 1.54) is 36.0 Å². The lowest BCUT2D eigenvalue weighted by molar-refractivity contribution is -0.129. The average molecular weight is 310 g/mol. The first-order chi connectivity index (χ1) is 10.1. The van der Waals surface area contributed by atoms with Gasteiger partial charge in [-0.2, -0.15) is 0 Å². The number of nitrogens with one attached hydrogen (secondary N) is 1. The number of benzene rings is 1. The molecule has 0 spiro atoms. The Labute approximate surface area is 128 Å². The Morgan fingerprint density at radius 1 is 1.29 bits per heavy atom. The minimum atomic E-state index is -0.341. The highest BCUT2D eigenvalue weighted by Gasteiger charge is 2.23. The second-order valence-electron chi connectivity index (χ2n) is 5.04. The predicted octanol–water partition coefficient (Wildman–Crippen LogP) is 2.51.